The highest BCUT2D eigenvalue weighted by atomic mass is 35.5. The molecule has 1 saturated carbocycles. The van der Waals surface area contributed by atoms with Crippen molar-refractivity contribution in [3.63, 3.8) is 0 Å². The molecule has 1 aliphatic carbocycles. The zero-order chi connectivity index (χ0) is 14.0. The molecule has 0 aromatic heterocycles. The molecule has 0 aliphatic heterocycles. The fourth-order valence-electron chi connectivity index (χ4n) is 3.66. The molecule has 0 saturated heterocycles. The van der Waals surface area contributed by atoms with Crippen molar-refractivity contribution in [3.8, 4) is 0 Å². The van der Waals surface area contributed by atoms with E-state index in [4.69, 9.17) is 17.3 Å². The monoisotopic (exact) mass is 279 g/mol. The summed E-state index contributed by atoms with van der Waals surface area (Å²) in [5.74, 6) is 1.38. The molecule has 1 aromatic carbocycles. The van der Waals surface area contributed by atoms with Crippen molar-refractivity contribution in [2.45, 2.75) is 52.5 Å². The summed E-state index contributed by atoms with van der Waals surface area (Å²) < 4.78 is 0. The van der Waals surface area contributed by atoms with E-state index < -0.39 is 0 Å². The van der Waals surface area contributed by atoms with Crippen LogP contribution in [0, 0.1) is 17.3 Å². The minimum Gasteiger partial charge on any atom is -0.327 e. The first-order chi connectivity index (χ1) is 8.90. The average Bonchev–Trinajstić information content (AvgIpc) is 2.31. The molecule has 3 atom stereocenters. The van der Waals surface area contributed by atoms with E-state index in [1.165, 1.54) is 18.4 Å². The lowest BCUT2D eigenvalue weighted by molar-refractivity contribution is 0.113. The van der Waals surface area contributed by atoms with Crippen LogP contribution in [0.2, 0.25) is 5.02 Å². The molecule has 1 fully saturated rings. The number of nitrogens with two attached hydrogens (primary N) is 1. The van der Waals surface area contributed by atoms with Gasteiger partial charge in [-0.15, -0.1) is 0 Å². The van der Waals surface area contributed by atoms with Crippen molar-refractivity contribution < 1.29 is 0 Å². The van der Waals surface area contributed by atoms with Crippen LogP contribution in [0.15, 0.2) is 24.3 Å². The number of hydrogen-bond donors (Lipinski definition) is 1. The summed E-state index contributed by atoms with van der Waals surface area (Å²) in [4.78, 5) is 0. The first kappa shape index (κ1) is 14.9. The van der Waals surface area contributed by atoms with E-state index in [2.05, 4.69) is 32.9 Å². The van der Waals surface area contributed by atoms with Crippen molar-refractivity contribution in [2.75, 3.05) is 0 Å². The van der Waals surface area contributed by atoms with Crippen LogP contribution < -0.4 is 5.73 Å². The van der Waals surface area contributed by atoms with Crippen LogP contribution in [-0.4, -0.2) is 6.04 Å². The molecule has 19 heavy (non-hydrogen) atoms. The van der Waals surface area contributed by atoms with Gasteiger partial charge in [0.2, 0.25) is 0 Å². The van der Waals surface area contributed by atoms with Crippen LogP contribution in [0.4, 0.5) is 0 Å². The van der Waals surface area contributed by atoms with E-state index >= 15 is 0 Å². The second-order valence-corrected chi connectivity index (χ2v) is 7.35. The first-order valence-corrected chi connectivity index (χ1v) is 7.77. The predicted molar refractivity (Wildman–Crippen MR) is 83.4 cm³/mol. The van der Waals surface area contributed by atoms with Crippen molar-refractivity contribution in [1.29, 1.82) is 0 Å². The Kier molecular flexibility index (Phi) is 4.58. The lowest BCUT2D eigenvalue weighted by Gasteiger charge is -2.43. The molecule has 106 valence electrons. The first-order valence-electron chi connectivity index (χ1n) is 7.39. The summed E-state index contributed by atoms with van der Waals surface area (Å²) >= 11 is 6.30. The maximum absolute atomic E-state index is 6.41. The third-order valence-electron chi connectivity index (χ3n) is 4.77. The highest BCUT2D eigenvalue weighted by Crippen LogP contribution is 2.42. The SMILES string of the molecule is CC1CCC(C(C)(C)Cc2ccccc2Cl)C(N)C1. The van der Waals surface area contributed by atoms with Gasteiger partial charge in [0.05, 0.1) is 0 Å². The Morgan fingerprint density at radius 2 is 1.95 bits per heavy atom. The van der Waals surface area contributed by atoms with E-state index in [0.29, 0.717) is 12.0 Å². The zero-order valence-corrected chi connectivity index (χ0v) is 13.1. The van der Waals surface area contributed by atoms with Gasteiger partial charge < -0.3 is 5.73 Å². The van der Waals surface area contributed by atoms with Gasteiger partial charge in [-0.25, -0.2) is 0 Å². The molecule has 0 heterocycles. The summed E-state index contributed by atoms with van der Waals surface area (Å²) in [6.07, 6.45) is 4.74. The number of benzene rings is 1. The van der Waals surface area contributed by atoms with Gasteiger partial charge in [0.25, 0.3) is 0 Å². The van der Waals surface area contributed by atoms with E-state index in [-0.39, 0.29) is 5.41 Å². The van der Waals surface area contributed by atoms with Gasteiger partial charge >= 0.3 is 0 Å². The van der Waals surface area contributed by atoms with Crippen LogP contribution in [0.5, 0.6) is 0 Å². The van der Waals surface area contributed by atoms with Crippen molar-refractivity contribution in [1.82, 2.24) is 0 Å². The molecule has 2 heteroatoms. The summed E-state index contributed by atoms with van der Waals surface area (Å²) in [7, 11) is 0. The molecule has 1 nitrogen and oxygen atoms in total. The molecule has 0 radical (unpaired) electrons. The standard InChI is InChI=1S/C17H26ClN/c1-12-8-9-14(16(19)10-12)17(2,3)11-13-6-4-5-7-15(13)18/h4-7,12,14,16H,8-11,19H2,1-3H3. The third kappa shape index (κ3) is 3.52. The van der Waals surface area contributed by atoms with Crippen LogP contribution in [0.25, 0.3) is 0 Å². The Bertz CT molecular complexity index is 427. The average molecular weight is 280 g/mol. The molecule has 3 unspecified atom stereocenters. The fraction of sp³-hybridized carbons (Fsp3) is 0.647. The van der Waals surface area contributed by atoms with Gasteiger partial charge in [0.1, 0.15) is 0 Å². The molecule has 2 N–H and O–H groups in total. The molecule has 0 bridgehead atoms. The summed E-state index contributed by atoms with van der Waals surface area (Å²) in [5.41, 5.74) is 7.88. The summed E-state index contributed by atoms with van der Waals surface area (Å²) in [6.45, 7) is 7.00. The summed E-state index contributed by atoms with van der Waals surface area (Å²) in [5, 5.41) is 0.883. The lowest BCUT2D eigenvalue weighted by atomic mass is 9.64. The van der Waals surface area contributed by atoms with Gasteiger partial charge in [-0.05, 0) is 48.1 Å². The van der Waals surface area contributed by atoms with E-state index in [1.54, 1.807) is 0 Å². The van der Waals surface area contributed by atoms with Gasteiger partial charge in [0.15, 0.2) is 0 Å². The molecular formula is C17H26ClN. The second-order valence-electron chi connectivity index (χ2n) is 6.95. The minimum atomic E-state index is 0.213. The lowest BCUT2D eigenvalue weighted by Crippen LogP contribution is -2.44. The smallest absolute Gasteiger partial charge is 0.0438 e. The van der Waals surface area contributed by atoms with Gasteiger partial charge in [-0.3, -0.25) is 0 Å². The molecule has 2 rings (SSSR count). The topological polar surface area (TPSA) is 26.0 Å². The largest absolute Gasteiger partial charge is 0.327 e. The number of hydrogen-bond acceptors (Lipinski definition) is 1. The Hall–Kier alpha value is -0.530. The van der Waals surface area contributed by atoms with Crippen molar-refractivity contribution >= 4 is 11.6 Å². The van der Waals surface area contributed by atoms with Crippen LogP contribution in [0.3, 0.4) is 0 Å². The fourth-order valence-corrected chi connectivity index (χ4v) is 3.86. The maximum Gasteiger partial charge on any atom is 0.0438 e. The quantitative estimate of drug-likeness (QED) is 0.855. The van der Waals surface area contributed by atoms with E-state index in [9.17, 15) is 0 Å². The minimum absolute atomic E-state index is 0.213. The molecular weight excluding hydrogens is 254 g/mol. The Morgan fingerprint density at radius 3 is 2.58 bits per heavy atom. The highest BCUT2D eigenvalue weighted by molar-refractivity contribution is 6.31. The second kappa shape index (κ2) is 5.85. The number of rotatable bonds is 3. The predicted octanol–water partition coefficient (Wildman–Crippen LogP) is 4.67. The maximum atomic E-state index is 6.41. The zero-order valence-electron chi connectivity index (χ0n) is 12.3. The highest BCUT2D eigenvalue weighted by Gasteiger charge is 2.37. The van der Waals surface area contributed by atoms with Gasteiger partial charge in [-0.2, -0.15) is 0 Å². The summed E-state index contributed by atoms with van der Waals surface area (Å²) in [6, 6.07) is 8.52. The van der Waals surface area contributed by atoms with Crippen LogP contribution >= 0.6 is 11.6 Å². The van der Waals surface area contributed by atoms with Crippen molar-refractivity contribution in [3.05, 3.63) is 34.9 Å². The number of halogens is 1. The normalized spacial score (nSPS) is 28.4. The molecule has 1 aromatic rings. The molecule has 0 spiro atoms. The van der Waals surface area contributed by atoms with Crippen molar-refractivity contribution in [2.24, 2.45) is 23.0 Å². The molecule has 0 amide bonds. The Labute approximate surface area is 122 Å². The van der Waals surface area contributed by atoms with E-state index in [1.807, 2.05) is 12.1 Å². The van der Waals surface area contributed by atoms with Gasteiger partial charge in [0, 0.05) is 11.1 Å². The van der Waals surface area contributed by atoms with Gasteiger partial charge in [-0.1, -0.05) is 57.0 Å². The third-order valence-corrected chi connectivity index (χ3v) is 5.14. The molecule has 1 aliphatic rings. The Morgan fingerprint density at radius 1 is 1.26 bits per heavy atom. The Balaban J connectivity index is 2.12. The van der Waals surface area contributed by atoms with E-state index in [0.717, 1.165) is 23.8 Å². The van der Waals surface area contributed by atoms with Crippen LogP contribution in [-0.2, 0) is 6.42 Å². The van der Waals surface area contributed by atoms with Crippen LogP contribution in [0.1, 0.15) is 45.6 Å².